The number of hydrogen-bond donors (Lipinski definition) is 2. The summed E-state index contributed by atoms with van der Waals surface area (Å²) >= 11 is 0. The first-order chi connectivity index (χ1) is 7.70. The van der Waals surface area contributed by atoms with E-state index in [9.17, 15) is 0 Å². The van der Waals surface area contributed by atoms with Crippen LogP contribution < -0.4 is 11.5 Å². The molecule has 0 atom stereocenters. The molecule has 80 valence electrons. The van der Waals surface area contributed by atoms with Crippen molar-refractivity contribution >= 4 is 33.3 Å². The lowest BCUT2D eigenvalue weighted by atomic mass is 10.1. The van der Waals surface area contributed by atoms with Gasteiger partial charge in [0.05, 0.1) is 28.5 Å². The Morgan fingerprint density at radius 2 is 1.94 bits per heavy atom. The number of para-hydroxylation sites is 1. The van der Waals surface area contributed by atoms with Crippen LogP contribution in [0.15, 0.2) is 30.5 Å². The van der Waals surface area contributed by atoms with Gasteiger partial charge in [0.1, 0.15) is 5.65 Å². The van der Waals surface area contributed by atoms with E-state index in [2.05, 4.69) is 4.98 Å². The molecule has 3 aromatic rings. The van der Waals surface area contributed by atoms with Gasteiger partial charge in [-0.15, -0.1) is 0 Å². The van der Waals surface area contributed by atoms with Gasteiger partial charge in [-0.25, -0.2) is 4.98 Å². The largest absolute Gasteiger partial charge is 0.396 e. The second-order valence-electron chi connectivity index (χ2n) is 3.90. The predicted octanol–water partition coefficient (Wildman–Crippen LogP) is 1.89. The van der Waals surface area contributed by atoms with E-state index in [0.717, 1.165) is 21.9 Å². The highest BCUT2D eigenvalue weighted by atomic mass is 15.0. The lowest BCUT2D eigenvalue weighted by Crippen LogP contribution is -1.97. The van der Waals surface area contributed by atoms with Crippen molar-refractivity contribution in [1.29, 1.82) is 0 Å². The van der Waals surface area contributed by atoms with E-state index in [1.165, 1.54) is 0 Å². The maximum atomic E-state index is 6.02. The molecule has 2 aromatic heterocycles. The fourth-order valence-corrected chi connectivity index (χ4v) is 2.14. The standard InChI is InChI=1S/C12H12N4/c1-16-9-5-3-2-4-7(9)10-11(14)8(13)6-15-12(10)16/h2-6H,13H2,1H3,(H2,14,15). The Bertz CT molecular complexity index is 697. The molecule has 16 heavy (non-hydrogen) atoms. The second-order valence-corrected chi connectivity index (χ2v) is 3.90. The molecular weight excluding hydrogens is 200 g/mol. The van der Waals surface area contributed by atoms with Crippen LogP contribution in [0.3, 0.4) is 0 Å². The summed E-state index contributed by atoms with van der Waals surface area (Å²) in [5.74, 6) is 0. The van der Waals surface area contributed by atoms with E-state index in [1.807, 2.05) is 35.9 Å². The third-order valence-corrected chi connectivity index (χ3v) is 2.98. The molecule has 0 aliphatic rings. The minimum Gasteiger partial charge on any atom is -0.396 e. The molecule has 0 amide bonds. The normalized spacial score (nSPS) is 11.3. The average Bonchev–Trinajstić information content (AvgIpc) is 2.59. The Hall–Kier alpha value is -2.23. The van der Waals surface area contributed by atoms with Crippen LogP contribution >= 0.6 is 0 Å². The minimum absolute atomic E-state index is 0.531. The van der Waals surface area contributed by atoms with Crippen molar-refractivity contribution in [2.45, 2.75) is 0 Å². The number of aryl methyl sites for hydroxylation is 1. The first kappa shape index (κ1) is 9.03. The number of rotatable bonds is 0. The number of nitrogen functional groups attached to an aromatic ring is 2. The smallest absolute Gasteiger partial charge is 0.142 e. The highest BCUT2D eigenvalue weighted by Crippen LogP contribution is 2.33. The molecular formula is C12H12N4. The van der Waals surface area contributed by atoms with Crippen molar-refractivity contribution in [3.8, 4) is 0 Å². The van der Waals surface area contributed by atoms with Gasteiger partial charge in [-0.05, 0) is 6.07 Å². The third-order valence-electron chi connectivity index (χ3n) is 2.98. The van der Waals surface area contributed by atoms with Gasteiger partial charge in [0.25, 0.3) is 0 Å². The summed E-state index contributed by atoms with van der Waals surface area (Å²) in [5, 5.41) is 2.04. The number of aromatic nitrogens is 2. The number of nitrogens with two attached hydrogens (primary N) is 2. The number of pyridine rings is 1. The number of nitrogens with zero attached hydrogens (tertiary/aromatic N) is 2. The fourth-order valence-electron chi connectivity index (χ4n) is 2.14. The highest BCUT2D eigenvalue weighted by molar-refractivity contribution is 6.14. The molecule has 0 bridgehead atoms. The van der Waals surface area contributed by atoms with Gasteiger partial charge < -0.3 is 16.0 Å². The first-order valence-electron chi connectivity index (χ1n) is 5.07. The maximum Gasteiger partial charge on any atom is 0.142 e. The van der Waals surface area contributed by atoms with Crippen molar-refractivity contribution in [2.24, 2.45) is 7.05 Å². The summed E-state index contributed by atoms with van der Waals surface area (Å²) in [5.41, 5.74) is 14.9. The molecule has 0 radical (unpaired) electrons. The molecule has 0 fully saturated rings. The Morgan fingerprint density at radius 3 is 2.75 bits per heavy atom. The van der Waals surface area contributed by atoms with Crippen molar-refractivity contribution in [3.63, 3.8) is 0 Å². The quantitative estimate of drug-likeness (QED) is 0.597. The summed E-state index contributed by atoms with van der Waals surface area (Å²) in [7, 11) is 1.98. The molecule has 0 aliphatic heterocycles. The second kappa shape index (κ2) is 2.88. The number of fused-ring (bicyclic) bond motifs is 3. The topological polar surface area (TPSA) is 69.9 Å². The minimum atomic E-state index is 0.531. The zero-order chi connectivity index (χ0) is 11.3. The molecule has 3 rings (SSSR count). The van der Waals surface area contributed by atoms with Gasteiger partial charge in [0.2, 0.25) is 0 Å². The lowest BCUT2D eigenvalue weighted by molar-refractivity contribution is 0.990. The molecule has 4 heteroatoms. The summed E-state index contributed by atoms with van der Waals surface area (Å²) < 4.78 is 2.03. The monoisotopic (exact) mass is 212 g/mol. The van der Waals surface area contributed by atoms with Gasteiger partial charge in [0.15, 0.2) is 0 Å². The van der Waals surface area contributed by atoms with Crippen LogP contribution in [0, 0.1) is 0 Å². The Morgan fingerprint density at radius 1 is 1.19 bits per heavy atom. The predicted molar refractivity (Wildman–Crippen MR) is 67.0 cm³/mol. The van der Waals surface area contributed by atoms with Crippen LogP contribution in [0.1, 0.15) is 0 Å². The van der Waals surface area contributed by atoms with Crippen LogP contribution in [0.5, 0.6) is 0 Å². The van der Waals surface area contributed by atoms with E-state index < -0.39 is 0 Å². The summed E-state index contributed by atoms with van der Waals surface area (Å²) in [6.45, 7) is 0. The van der Waals surface area contributed by atoms with Crippen LogP contribution in [0.2, 0.25) is 0 Å². The van der Waals surface area contributed by atoms with Crippen molar-refractivity contribution in [1.82, 2.24) is 9.55 Å². The fraction of sp³-hybridized carbons (Fsp3) is 0.0833. The molecule has 4 nitrogen and oxygen atoms in total. The molecule has 1 aromatic carbocycles. The van der Waals surface area contributed by atoms with Gasteiger partial charge in [0, 0.05) is 12.4 Å². The van der Waals surface area contributed by atoms with Crippen molar-refractivity contribution < 1.29 is 0 Å². The first-order valence-corrected chi connectivity index (χ1v) is 5.07. The van der Waals surface area contributed by atoms with E-state index in [4.69, 9.17) is 11.5 Å². The number of benzene rings is 1. The van der Waals surface area contributed by atoms with Crippen LogP contribution in [0.25, 0.3) is 21.9 Å². The van der Waals surface area contributed by atoms with Crippen molar-refractivity contribution in [3.05, 3.63) is 30.5 Å². The van der Waals surface area contributed by atoms with Crippen molar-refractivity contribution in [2.75, 3.05) is 11.5 Å². The van der Waals surface area contributed by atoms with Crippen LogP contribution in [0.4, 0.5) is 11.4 Å². The van der Waals surface area contributed by atoms with E-state index in [1.54, 1.807) is 6.20 Å². The Labute approximate surface area is 92.5 Å². The Kier molecular flexibility index (Phi) is 1.63. The number of anilines is 2. The van der Waals surface area contributed by atoms with Gasteiger partial charge in [-0.2, -0.15) is 0 Å². The SMILES string of the molecule is Cn1c2ccccc2c2c(N)c(N)cnc21. The zero-order valence-corrected chi connectivity index (χ0v) is 8.94. The molecule has 0 spiro atoms. The molecule has 4 N–H and O–H groups in total. The molecule has 0 aliphatic carbocycles. The van der Waals surface area contributed by atoms with E-state index in [0.29, 0.717) is 11.4 Å². The van der Waals surface area contributed by atoms with Gasteiger partial charge in [-0.1, -0.05) is 18.2 Å². The summed E-state index contributed by atoms with van der Waals surface area (Å²) in [6, 6.07) is 8.08. The van der Waals surface area contributed by atoms with Gasteiger partial charge >= 0.3 is 0 Å². The third kappa shape index (κ3) is 0.957. The van der Waals surface area contributed by atoms with E-state index >= 15 is 0 Å². The molecule has 0 saturated heterocycles. The summed E-state index contributed by atoms with van der Waals surface area (Å²) in [4.78, 5) is 4.34. The van der Waals surface area contributed by atoms with Crippen LogP contribution in [-0.2, 0) is 7.05 Å². The number of hydrogen-bond acceptors (Lipinski definition) is 3. The lowest BCUT2D eigenvalue weighted by Gasteiger charge is -2.01. The molecule has 2 heterocycles. The zero-order valence-electron chi connectivity index (χ0n) is 8.94. The molecule has 0 saturated carbocycles. The highest BCUT2D eigenvalue weighted by Gasteiger charge is 2.12. The van der Waals surface area contributed by atoms with Crippen LogP contribution in [-0.4, -0.2) is 9.55 Å². The van der Waals surface area contributed by atoms with Gasteiger partial charge in [-0.3, -0.25) is 0 Å². The van der Waals surface area contributed by atoms with E-state index in [-0.39, 0.29) is 0 Å². The average molecular weight is 212 g/mol. The Balaban J connectivity index is 2.68. The molecule has 0 unspecified atom stereocenters. The maximum absolute atomic E-state index is 6.02. The summed E-state index contributed by atoms with van der Waals surface area (Å²) in [6.07, 6.45) is 1.61.